The lowest BCUT2D eigenvalue weighted by atomic mass is 10.1. The van der Waals surface area contributed by atoms with E-state index in [-0.39, 0.29) is 18.0 Å². The number of esters is 2. The molecule has 0 aromatic heterocycles. The van der Waals surface area contributed by atoms with E-state index in [4.69, 9.17) is 9.47 Å². The molecule has 39 heavy (non-hydrogen) atoms. The second-order valence-electron chi connectivity index (χ2n) is 7.73. The summed E-state index contributed by atoms with van der Waals surface area (Å²) in [5, 5.41) is 26.8. The molecule has 0 aliphatic heterocycles. The van der Waals surface area contributed by atoms with E-state index in [1.807, 2.05) is 0 Å². The minimum Gasteiger partial charge on any atom is -0.469 e. The number of carbonyl (C=O) groups is 5. The summed E-state index contributed by atoms with van der Waals surface area (Å²) in [6.45, 7) is -1.67. The Kier molecular flexibility index (Phi) is 11.8. The number of hydrogen-bond acceptors (Lipinski definition) is 11. The third-order valence-electron chi connectivity index (χ3n) is 4.92. The van der Waals surface area contributed by atoms with Gasteiger partial charge in [-0.2, -0.15) is 0 Å². The first kappa shape index (κ1) is 30.2. The van der Waals surface area contributed by atoms with Gasteiger partial charge in [0.1, 0.15) is 31.0 Å². The second kappa shape index (κ2) is 15.3. The Morgan fingerprint density at radius 3 is 2.18 bits per heavy atom. The number of amides is 3. The van der Waals surface area contributed by atoms with Crippen LogP contribution >= 0.6 is 0 Å². The largest absolute Gasteiger partial charge is 0.469 e. The van der Waals surface area contributed by atoms with Crippen LogP contribution in [0.15, 0.2) is 54.6 Å². The van der Waals surface area contributed by atoms with Crippen LogP contribution in [0.2, 0.25) is 0 Å². The smallest absolute Gasteiger partial charge is 0.408 e. The Labute approximate surface area is 221 Å². The van der Waals surface area contributed by atoms with Crippen molar-refractivity contribution in [2.45, 2.75) is 25.1 Å². The minimum atomic E-state index is -1.56. The fourth-order valence-electron chi connectivity index (χ4n) is 2.92. The van der Waals surface area contributed by atoms with Gasteiger partial charge in [-0.15, -0.1) is 0 Å². The maximum atomic E-state index is 12.7. The molecular weight excluding hydrogens is 520 g/mol. The number of benzene rings is 2. The van der Waals surface area contributed by atoms with E-state index >= 15 is 0 Å². The average Bonchev–Trinajstić information content (AvgIpc) is 2.93. The van der Waals surface area contributed by atoms with E-state index in [0.29, 0.717) is 5.56 Å². The van der Waals surface area contributed by atoms with E-state index in [0.717, 1.165) is 19.2 Å². The number of nitro benzene ring substituents is 1. The average molecular weight is 546 g/mol. The van der Waals surface area contributed by atoms with Gasteiger partial charge in [-0.1, -0.05) is 30.3 Å². The number of nitrogens with one attached hydrogen (secondary N) is 3. The number of hydrogen-bond donors (Lipinski definition) is 4. The van der Waals surface area contributed by atoms with Crippen molar-refractivity contribution >= 4 is 35.5 Å². The minimum absolute atomic E-state index is 0.0114. The van der Waals surface area contributed by atoms with Crippen LogP contribution in [0.5, 0.6) is 5.75 Å². The Bertz CT molecular complexity index is 1170. The van der Waals surface area contributed by atoms with Crippen LogP contribution in [0, 0.1) is 10.1 Å². The molecule has 0 saturated heterocycles. The monoisotopic (exact) mass is 546 g/mol. The molecule has 2 atom stereocenters. The number of aliphatic hydroxyl groups excluding tert-OH is 1. The van der Waals surface area contributed by atoms with Crippen molar-refractivity contribution in [3.05, 3.63) is 70.3 Å². The van der Waals surface area contributed by atoms with E-state index in [9.17, 15) is 39.2 Å². The lowest BCUT2D eigenvalue weighted by Crippen LogP contribution is -2.56. The molecule has 0 radical (unpaired) electrons. The normalized spacial score (nSPS) is 11.7. The van der Waals surface area contributed by atoms with Crippen molar-refractivity contribution in [2.24, 2.45) is 0 Å². The highest BCUT2D eigenvalue weighted by atomic mass is 16.6. The fourth-order valence-corrected chi connectivity index (χ4v) is 2.92. The number of rotatable bonds is 13. The molecule has 15 nitrogen and oxygen atoms in total. The van der Waals surface area contributed by atoms with Gasteiger partial charge >= 0.3 is 18.0 Å². The van der Waals surface area contributed by atoms with Crippen LogP contribution in [-0.4, -0.2) is 72.2 Å². The van der Waals surface area contributed by atoms with Crippen LogP contribution in [0.25, 0.3) is 0 Å². The van der Waals surface area contributed by atoms with Crippen molar-refractivity contribution in [1.29, 1.82) is 0 Å². The van der Waals surface area contributed by atoms with Gasteiger partial charge in [-0.25, -0.2) is 9.59 Å². The molecule has 0 fully saturated rings. The number of methoxy groups -OCH3 is 1. The molecule has 208 valence electrons. The summed E-state index contributed by atoms with van der Waals surface area (Å²) in [4.78, 5) is 71.1. The molecule has 0 bridgehead atoms. The predicted molar refractivity (Wildman–Crippen MR) is 131 cm³/mol. The van der Waals surface area contributed by atoms with E-state index < -0.39 is 66.4 Å². The van der Waals surface area contributed by atoms with Gasteiger partial charge in [-0.3, -0.25) is 24.5 Å². The van der Waals surface area contributed by atoms with Crippen LogP contribution in [0.1, 0.15) is 12.0 Å². The number of non-ortho nitro benzene ring substituents is 1. The fraction of sp³-hybridized carbons (Fsp3) is 0.292. The second-order valence-corrected chi connectivity index (χ2v) is 7.73. The lowest BCUT2D eigenvalue weighted by molar-refractivity contribution is -0.384. The van der Waals surface area contributed by atoms with Crippen LogP contribution in [0.3, 0.4) is 0 Å². The highest BCUT2D eigenvalue weighted by molar-refractivity contribution is 5.94. The molecule has 0 unspecified atom stereocenters. The summed E-state index contributed by atoms with van der Waals surface area (Å²) in [7, 11) is 1.07. The van der Waals surface area contributed by atoms with E-state index in [1.165, 1.54) is 12.1 Å². The molecule has 0 aliphatic carbocycles. The molecule has 0 heterocycles. The number of aliphatic hydroxyl groups is 1. The van der Waals surface area contributed by atoms with Crippen molar-refractivity contribution in [3.63, 3.8) is 0 Å². The number of alkyl carbamates (subject to hydrolysis) is 1. The Morgan fingerprint density at radius 1 is 0.923 bits per heavy atom. The lowest BCUT2D eigenvalue weighted by Gasteiger charge is -2.21. The zero-order valence-corrected chi connectivity index (χ0v) is 20.7. The first-order valence-corrected chi connectivity index (χ1v) is 11.3. The summed E-state index contributed by atoms with van der Waals surface area (Å²) in [5.41, 5.74) is 0.458. The predicted octanol–water partition coefficient (Wildman–Crippen LogP) is -0.0484. The summed E-state index contributed by atoms with van der Waals surface area (Å²) in [6.07, 6.45) is -1.63. The van der Waals surface area contributed by atoms with Gasteiger partial charge in [0.05, 0.1) is 25.1 Å². The highest BCUT2D eigenvalue weighted by Gasteiger charge is 2.29. The van der Waals surface area contributed by atoms with Gasteiger partial charge in [0.2, 0.25) is 11.8 Å². The molecular formula is C24H26N4O11. The third kappa shape index (κ3) is 10.5. The van der Waals surface area contributed by atoms with Gasteiger partial charge in [0.15, 0.2) is 0 Å². The number of carbonyl (C=O) groups excluding carboxylic acids is 5. The van der Waals surface area contributed by atoms with E-state index in [1.54, 1.807) is 30.3 Å². The number of nitrogens with zero attached hydrogens (tertiary/aromatic N) is 1. The first-order chi connectivity index (χ1) is 18.6. The van der Waals surface area contributed by atoms with Crippen LogP contribution in [0.4, 0.5) is 10.5 Å². The van der Waals surface area contributed by atoms with Crippen LogP contribution in [-0.2, 0) is 35.3 Å². The van der Waals surface area contributed by atoms with Gasteiger partial charge in [0.25, 0.3) is 5.69 Å². The number of nitro groups is 1. The highest BCUT2D eigenvalue weighted by Crippen LogP contribution is 2.17. The zero-order chi connectivity index (χ0) is 28.8. The molecule has 0 spiro atoms. The SMILES string of the molecule is COC(=O)C[C@H](NC(=O)OCc1ccccc1)C(=O)N[C@H](CO)C(=O)NCC(=O)Oc1ccc([N+](=O)[O-])cc1. The number of ether oxygens (including phenoxy) is 3. The van der Waals surface area contributed by atoms with Crippen molar-refractivity contribution in [3.8, 4) is 5.75 Å². The summed E-state index contributed by atoms with van der Waals surface area (Å²) < 4.78 is 14.5. The Morgan fingerprint density at radius 2 is 1.59 bits per heavy atom. The quantitative estimate of drug-likeness (QED) is 0.113. The van der Waals surface area contributed by atoms with E-state index in [2.05, 4.69) is 20.7 Å². The molecule has 3 amide bonds. The van der Waals surface area contributed by atoms with Crippen molar-refractivity contribution in [1.82, 2.24) is 16.0 Å². The molecule has 0 saturated carbocycles. The molecule has 2 aromatic carbocycles. The van der Waals surface area contributed by atoms with Crippen molar-refractivity contribution < 1.29 is 48.2 Å². The maximum Gasteiger partial charge on any atom is 0.408 e. The molecule has 2 rings (SSSR count). The first-order valence-electron chi connectivity index (χ1n) is 11.3. The zero-order valence-electron chi connectivity index (χ0n) is 20.7. The topological polar surface area (TPSA) is 212 Å². The van der Waals surface area contributed by atoms with Crippen LogP contribution < -0.4 is 20.7 Å². The third-order valence-corrected chi connectivity index (χ3v) is 4.92. The molecule has 4 N–H and O–H groups in total. The molecule has 0 aliphatic rings. The van der Waals surface area contributed by atoms with Gasteiger partial charge < -0.3 is 35.3 Å². The standard InChI is InChI=1S/C24H26N4O11/c1-37-20(30)11-18(27-24(34)38-14-15-5-3-2-4-6-15)23(33)26-19(13-29)22(32)25-12-21(31)39-17-9-7-16(8-10-17)28(35)36/h2-10,18-19,29H,11-14H2,1H3,(H,25,32)(H,26,33)(H,27,34)/t18-,19+/m0/s1. The maximum absolute atomic E-state index is 12.7. The van der Waals surface area contributed by atoms with Gasteiger partial charge in [0, 0.05) is 12.1 Å². The summed E-state index contributed by atoms with van der Waals surface area (Å²) in [6, 6.07) is 10.2. The Hall–Kier alpha value is -5.05. The van der Waals surface area contributed by atoms with Crippen molar-refractivity contribution in [2.75, 3.05) is 20.3 Å². The summed E-state index contributed by atoms with van der Waals surface area (Å²) >= 11 is 0. The van der Waals surface area contributed by atoms with Gasteiger partial charge in [-0.05, 0) is 17.7 Å². The molecule has 2 aromatic rings. The summed E-state index contributed by atoms with van der Waals surface area (Å²) in [5.74, 6) is -3.79. The Balaban J connectivity index is 1.91. The molecule has 15 heteroatoms.